The minimum absolute atomic E-state index is 0.148. The summed E-state index contributed by atoms with van der Waals surface area (Å²) in [6.45, 7) is 1.70. The number of rotatable bonds is 5. The van der Waals surface area contributed by atoms with E-state index in [1.165, 1.54) is 30.5 Å². The smallest absolute Gasteiger partial charge is 0.248 e. The van der Waals surface area contributed by atoms with Gasteiger partial charge in [0, 0.05) is 16.6 Å². The molecule has 1 aromatic heterocycles. The highest BCUT2D eigenvalue weighted by molar-refractivity contribution is 7.89. The van der Waals surface area contributed by atoms with Gasteiger partial charge in [0.15, 0.2) is 0 Å². The Balaban J connectivity index is 2.17. The number of amides is 1. The number of sulfonamides is 1. The van der Waals surface area contributed by atoms with Crippen LogP contribution in [0.3, 0.4) is 0 Å². The number of anilines is 1. The number of hydrogen-bond donors (Lipinski definition) is 2. The van der Waals surface area contributed by atoms with Gasteiger partial charge in [0.25, 0.3) is 0 Å². The number of carbonyl (C=O) groups excluding carboxylic acids is 1. The Kier molecular flexibility index (Phi) is 5.12. The highest BCUT2D eigenvalue weighted by atomic mass is 32.2. The van der Waals surface area contributed by atoms with Crippen molar-refractivity contribution in [3.8, 4) is 0 Å². The van der Waals surface area contributed by atoms with Crippen LogP contribution in [0.5, 0.6) is 0 Å². The maximum Gasteiger partial charge on any atom is 0.248 e. The summed E-state index contributed by atoms with van der Waals surface area (Å²) in [4.78, 5) is 13.0. The molecular weight excluding hydrogens is 320 g/mol. The van der Waals surface area contributed by atoms with Crippen LogP contribution in [-0.4, -0.2) is 21.4 Å². The molecule has 2 aromatic rings. The molecule has 0 saturated carbocycles. The molecule has 1 amide bonds. The lowest BCUT2D eigenvalue weighted by Crippen LogP contribution is -2.20. The monoisotopic (exact) mass is 336 g/mol. The Labute approximate surface area is 133 Å². The molecule has 22 heavy (non-hydrogen) atoms. The van der Waals surface area contributed by atoms with E-state index in [1.54, 1.807) is 25.1 Å². The zero-order valence-electron chi connectivity index (χ0n) is 12.2. The highest BCUT2D eigenvalue weighted by Crippen LogP contribution is 2.20. The topological polar surface area (TPSA) is 75.3 Å². The molecule has 116 valence electrons. The molecule has 0 bridgehead atoms. The van der Waals surface area contributed by atoms with Crippen LogP contribution in [0.25, 0.3) is 6.08 Å². The van der Waals surface area contributed by atoms with Gasteiger partial charge in [-0.15, -0.1) is 11.3 Å². The number of carbonyl (C=O) groups is 1. The molecule has 5 nitrogen and oxygen atoms in total. The van der Waals surface area contributed by atoms with Crippen molar-refractivity contribution < 1.29 is 13.2 Å². The van der Waals surface area contributed by atoms with E-state index in [-0.39, 0.29) is 10.8 Å². The molecule has 1 heterocycles. The van der Waals surface area contributed by atoms with Crippen LogP contribution in [0.2, 0.25) is 0 Å². The molecule has 2 rings (SSSR count). The molecule has 0 aliphatic rings. The number of benzene rings is 1. The second kappa shape index (κ2) is 6.87. The fourth-order valence-corrected chi connectivity index (χ4v) is 3.42. The summed E-state index contributed by atoms with van der Waals surface area (Å²) in [6, 6.07) is 8.57. The number of nitrogens with one attached hydrogen (secondary N) is 2. The number of aryl methyl sites for hydroxylation is 1. The van der Waals surface area contributed by atoms with E-state index in [0.29, 0.717) is 11.3 Å². The average Bonchev–Trinajstić information content (AvgIpc) is 3.00. The van der Waals surface area contributed by atoms with Gasteiger partial charge in [-0.3, -0.25) is 4.79 Å². The fourth-order valence-electron chi connectivity index (χ4n) is 1.81. The van der Waals surface area contributed by atoms with Gasteiger partial charge in [-0.25, -0.2) is 13.1 Å². The van der Waals surface area contributed by atoms with Crippen molar-refractivity contribution in [2.75, 3.05) is 12.4 Å². The maximum absolute atomic E-state index is 11.9. The van der Waals surface area contributed by atoms with Crippen LogP contribution in [0.1, 0.15) is 10.4 Å². The van der Waals surface area contributed by atoms with Gasteiger partial charge in [-0.1, -0.05) is 12.1 Å². The maximum atomic E-state index is 11.9. The third-order valence-corrected chi connectivity index (χ3v) is 5.35. The Morgan fingerprint density at radius 2 is 2.05 bits per heavy atom. The second-order valence-corrected chi connectivity index (χ2v) is 7.36. The van der Waals surface area contributed by atoms with Crippen LogP contribution in [0.4, 0.5) is 5.69 Å². The summed E-state index contributed by atoms with van der Waals surface area (Å²) >= 11 is 1.53. The van der Waals surface area contributed by atoms with Gasteiger partial charge in [-0.2, -0.15) is 0 Å². The van der Waals surface area contributed by atoms with Crippen molar-refractivity contribution in [3.05, 3.63) is 52.2 Å². The predicted octanol–water partition coefficient (Wildman–Crippen LogP) is 2.62. The van der Waals surface area contributed by atoms with Crippen molar-refractivity contribution in [2.24, 2.45) is 0 Å². The minimum atomic E-state index is -3.55. The van der Waals surface area contributed by atoms with Crippen molar-refractivity contribution in [2.45, 2.75) is 11.8 Å². The lowest BCUT2D eigenvalue weighted by atomic mass is 10.2. The van der Waals surface area contributed by atoms with Gasteiger partial charge in [-0.05, 0) is 49.2 Å². The third kappa shape index (κ3) is 4.03. The van der Waals surface area contributed by atoms with Gasteiger partial charge in [0.1, 0.15) is 0 Å². The largest absolute Gasteiger partial charge is 0.322 e. The zero-order valence-corrected chi connectivity index (χ0v) is 13.8. The SMILES string of the molecule is CNS(=O)(=O)c1cc(NC(=O)/C=C/c2cccs2)ccc1C. The summed E-state index contributed by atoms with van der Waals surface area (Å²) in [5.74, 6) is -0.315. The number of hydrogen-bond acceptors (Lipinski definition) is 4. The van der Waals surface area contributed by atoms with E-state index in [2.05, 4.69) is 10.0 Å². The first-order valence-corrected chi connectivity index (χ1v) is 8.85. The summed E-state index contributed by atoms with van der Waals surface area (Å²) in [5.41, 5.74) is 1.04. The molecule has 2 N–H and O–H groups in total. The first kappa shape index (κ1) is 16.4. The van der Waals surface area contributed by atoms with Gasteiger partial charge < -0.3 is 5.32 Å². The summed E-state index contributed by atoms with van der Waals surface area (Å²) in [5, 5.41) is 4.58. The van der Waals surface area contributed by atoms with Gasteiger partial charge in [0.05, 0.1) is 4.90 Å². The molecule has 0 fully saturated rings. The van der Waals surface area contributed by atoms with E-state index in [9.17, 15) is 13.2 Å². The first-order valence-electron chi connectivity index (χ1n) is 6.49. The molecular formula is C15H16N2O3S2. The lowest BCUT2D eigenvalue weighted by Gasteiger charge is -2.09. The molecule has 0 saturated heterocycles. The minimum Gasteiger partial charge on any atom is -0.322 e. The molecule has 0 radical (unpaired) electrons. The summed E-state index contributed by atoms with van der Waals surface area (Å²) < 4.78 is 26.1. The van der Waals surface area contributed by atoms with E-state index < -0.39 is 10.0 Å². The van der Waals surface area contributed by atoms with Crippen molar-refractivity contribution >= 4 is 39.0 Å². The van der Waals surface area contributed by atoms with Crippen molar-refractivity contribution in [1.82, 2.24) is 4.72 Å². The first-order chi connectivity index (χ1) is 10.4. The van der Waals surface area contributed by atoms with E-state index >= 15 is 0 Å². The molecule has 0 atom stereocenters. The molecule has 0 unspecified atom stereocenters. The van der Waals surface area contributed by atoms with E-state index in [1.807, 2.05) is 17.5 Å². The summed E-state index contributed by atoms with van der Waals surface area (Å²) in [7, 11) is -2.20. The standard InChI is InChI=1S/C15H16N2O3S2/c1-11-5-6-12(10-14(11)22(19,20)16-2)17-15(18)8-7-13-4-3-9-21-13/h3-10,16H,1-2H3,(H,17,18)/b8-7+. The van der Waals surface area contributed by atoms with Crippen LogP contribution >= 0.6 is 11.3 Å². The Morgan fingerprint density at radius 1 is 1.27 bits per heavy atom. The quantitative estimate of drug-likeness (QED) is 0.824. The zero-order chi connectivity index (χ0) is 16.2. The fraction of sp³-hybridized carbons (Fsp3) is 0.133. The molecule has 1 aromatic carbocycles. The van der Waals surface area contributed by atoms with E-state index in [0.717, 1.165) is 4.88 Å². The normalized spacial score (nSPS) is 11.7. The Bertz CT molecular complexity index is 794. The van der Waals surface area contributed by atoms with Crippen LogP contribution in [0.15, 0.2) is 46.7 Å². The second-order valence-electron chi connectivity index (χ2n) is 4.53. The number of thiophene rings is 1. The highest BCUT2D eigenvalue weighted by Gasteiger charge is 2.15. The molecule has 0 aliphatic heterocycles. The van der Waals surface area contributed by atoms with Gasteiger partial charge in [0.2, 0.25) is 15.9 Å². The van der Waals surface area contributed by atoms with Crippen LogP contribution in [-0.2, 0) is 14.8 Å². The van der Waals surface area contributed by atoms with Crippen LogP contribution in [0, 0.1) is 6.92 Å². The summed E-state index contributed by atoms with van der Waals surface area (Å²) in [6.07, 6.45) is 3.12. The Morgan fingerprint density at radius 3 is 2.68 bits per heavy atom. The third-order valence-electron chi connectivity index (χ3n) is 2.96. The van der Waals surface area contributed by atoms with Crippen molar-refractivity contribution in [1.29, 1.82) is 0 Å². The predicted molar refractivity (Wildman–Crippen MR) is 89.4 cm³/mol. The van der Waals surface area contributed by atoms with Crippen LogP contribution < -0.4 is 10.0 Å². The Hall–Kier alpha value is -1.96. The van der Waals surface area contributed by atoms with E-state index in [4.69, 9.17) is 0 Å². The average molecular weight is 336 g/mol. The van der Waals surface area contributed by atoms with Gasteiger partial charge >= 0.3 is 0 Å². The lowest BCUT2D eigenvalue weighted by molar-refractivity contribution is -0.111. The molecule has 0 aliphatic carbocycles. The molecule has 7 heteroatoms. The van der Waals surface area contributed by atoms with Crippen molar-refractivity contribution in [3.63, 3.8) is 0 Å². The molecule has 0 spiro atoms.